The second kappa shape index (κ2) is 9.14. The van der Waals surface area contributed by atoms with Crippen molar-refractivity contribution in [1.82, 2.24) is 20.3 Å². The van der Waals surface area contributed by atoms with Gasteiger partial charge in [0.1, 0.15) is 5.69 Å². The molecule has 0 aliphatic carbocycles. The quantitative estimate of drug-likeness (QED) is 0.417. The van der Waals surface area contributed by atoms with Crippen LogP contribution in [0.25, 0.3) is 11.3 Å². The summed E-state index contributed by atoms with van der Waals surface area (Å²) in [5.41, 5.74) is 7.76. The number of aliphatic hydroxyl groups excluding tert-OH is 1. The van der Waals surface area contributed by atoms with Crippen LogP contribution in [0.1, 0.15) is 17.4 Å². The molecule has 0 bridgehead atoms. The lowest BCUT2D eigenvalue weighted by Crippen LogP contribution is -2.52. The first-order valence-corrected chi connectivity index (χ1v) is 9.43. The van der Waals surface area contributed by atoms with Crippen LogP contribution in [0.3, 0.4) is 0 Å². The van der Waals surface area contributed by atoms with E-state index in [1.54, 1.807) is 42.5 Å². The number of anilines is 2. The van der Waals surface area contributed by atoms with Crippen LogP contribution >= 0.6 is 11.6 Å². The lowest BCUT2D eigenvalue weighted by Gasteiger charge is -2.33. The number of nitrogens with one attached hydrogen (secondary N) is 1. The Morgan fingerprint density at radius 1 is 1.23 bits per heavy atom. The molecule has 30 heavy (non-hydrogen) atoms. The molecule has 3 aromatic rings. The Morgan fingerprint density at radius 2 is 2.00 bits per heavy atom. The van der Waals surface area contributed by atoms with E-state index in [4.69, 9.17) is 22.4 Å². The number of pyridine rings is 1. The van der Waals surface area contributed by atoms with E-state index in [0.29, 0.717) is 22.0 Å². The predicted molar refractivity (Wildman–Crippen MR) is 113 cm³/mol. The maximum atomic E-state index is 12.1. The SMILES string of the molecule is CC(N)(O)N(c1cccc(Cl)c1)c1nccc(-c2ccnc(C(=O)NCCO)c2)n1. The molecular weight excluding hydrogens is 408 g/mol. The summed E-state index contributed by atoms with van der Waals surface area (Å²) in [6, 6.07) is 11.7. The summed E-state index contributed by atoms with van der Waals surface area (Å²) >= 11 is 6.09. The summed E-state index contributed by atoms with van der Waals surface area (Å²) in [7, 11) is 0. The summed E-state index contributed by atoms with van der Waals surface area (Å²) in [4.78, 5) is 26.3. The monoisotopic (exact) mass is 428 g/mol. The molecule has 0 saturated heterocycles. The van der Waals surface area contributed by atoms with E-state index in [1.165, 1.54) is 24.2 Å². The number of halogens is 1. The summed E-state index contributed by atoms with van der Waals surface area (Å²) in [6.45, 7) is 1.36. The van der Waals surface area contributed by atoms with Crippen LogP contribution in [0.5, 0.6) is 0 Å². The van der Waals surface area contributed by atoms with Gasteiger partial charge in [-0.3, -0.25) is 20.4 Å². The highest BCUT2D eigenvalue weighted by Crippen LogP contribution is 2.30. The van der Waals surface area contributed by atoms with E-state index in [-0.39, 0.29) is 24.8 Å². The molecule has 9 nitrogen and oxygen atoms in total. The second-order valence-corrected chi connectivity index (χ2v) is 7.00. The molecule has 0 radical (unpaired) electrons. The lowest BCUT2D eigenvalue weighted by atomic mass is 10.1. The average molecular weight is 429 g/mol. The Labute approximate surface area is 178 Å². The molecule has 0 saturated carbocycles. The Balaban J connectivity index is 2.00. The van der Waals surface area contributed by atoms with Crippen molar-refractivity contribution < 1.29 is 15.0 Å². The summed E-state index contributed by atoms with van der Waals surface area (Å²) < 4.78 is 0. The number of benzene rings is 1. The zero-order valence-corrected chi connectivity index (χ0v) is 16.9. The maximum absolute atomic E-state index is 12.1. The highest BCUT2D eigenvalue weighted by Gasteiger charge is 2.29. The number of amides is 1. The van der Waals surface area contributed by atoms with Gasteiger partial charge in [0.15, 0.2) is 5.85 Å². The van der Waals surface area contributed by atoms with E-state index < -0.39 is 11.8 Å². The Bertz CT molecular complexity index is 1040. The van der Waals surface area contributed by atoms with Gasteiger partial charge in [0, 0.05) is 35.2 Å². The molecule has 0 spiro atoms. The number of aliphatic hydroxyl groups is 2. The highest BCUT2D eigenvalue weighted by molar-refractivity contribution is 6.30. The molecule has 3 rings (SSSR count). The molecule has 1 aromatic carbocycles. The number of carbonyl (C=O) groups excluding carboxylic acids is 1. The van der Waals surface area contributed by atoms with Crippen molar-refractivity contribution in [2.75, 3.05) is 18.1 Å². The maximum Gasteiger partial charge on any atom is 0.269 e. The minimum absolute atomic E-state index is 0.128. The van der Waals surface area contributed by atoms with Gasteiger partial charge in [0.05, 0.1) is 12.3 Å². The molecule has 156 valence electrons. The molecule has 1 unspecified atom stereocenters. The van der Waals surface area contributed by atoms with E-state index >= 15 is 0 Å². The summed E-state index contributed by atoms with van der Waals surface area (Å²) in [5.74, 6) is -2.08. The average Bonchev–Trinajstić information content (AvgIpc) is 2.71. The van der Waals surface area contributed by atoms with Crippen molar-refractivity contribution in [3.63, 3.8) is 0 Å². The Hall–Kier alpha value is -3.11. The number of nitrogens with zero attached hydrogens (tertiary/aromatic N) is 4. The van der Waals surface area contributed by atoms with Gasteiger partial charge in [-0.15, -0.1) is 0 Å². The molecule has 0 aliphatic heterocycles. The second-order valence-electron chi connectivity index (χ2n) is 6.56. The molecule has 2 heterocycles. The minimum Gasteiger partial charge on any atom is -0.395 e. The van der Waals surface area contributed by atoms with Crippen molar-refractivity contribution in [2.24, 2.45) is 5.73 Å². The summed E-state index contributed by atoms with van der Waals surface area (Å²) in [5, 5.41) is 22.4. The van der Waals surface area contributed by atoms with Crippen LogP contribution in [0.2, 0.25) is 5.02 Å². The molecule has 10 heteroatoms. The summed E-state index contributed by atoms with van der Waals surface area (Å²) in [6.07, 6.45) is 3.01. The van der Waals surface area contributed by atoms with Crippen LogP contribution in [0.4, 0.5) is 11.6 Å². The number of hydrogen-bond donors (Lipinski definition) is 4. The Morgan fingerprint density at radius 3 is 2.70 bits per heavy atom. The standard InChI is InChI=1S/C20H21ClN6O3/c1-20(22,30)27(15-4-2-3-14(21)12-15)19-25-8-6-16(26-19)13-5-7-23-17(11-13)18(29)24-9-10-28/h2-8,11-12,28,30H,9-10,22H2,1H3,(H,24,29). The lowest BCUT2D eigenvalue weighted by molar-refractivity contribution is 0.0729. The number of rotatable bonds is 7. The van der Waals surface area contributed by atoms with Gasteiger partial charge in [-0.25, -0.2) is 9.97 Å². The molecule has 2 aromatic heterocycles. The van der Waals surface area contributed by atoms with E-state index in [0.717, 1.165) is 0 Å². The third-order valence-electron chi connectivity index (χ3n) is 4.05. The Kier molecular flexibility index (Phi) is 6.58. The van der Waals surface area contributed by atoms with E-state index in [1.807, 2.05) is 0 Å². The molecule has 0 aliphatic rings. The zero-order valence-electron chi connectivity index (χ0n) is 16.2. The number of carbonyl (C=O) groups is 1. The van der Waals surface area contributed by atoms with Gasteiger partial charge < -0.3 is 15.5 Å². The van der Waals surface area contributed by atoms with Gasteiger partial charge >= 0.3 is 0 Å². The van der Waals surface area contributed by atoms with Gasteiger partial charge in [-0.1, -0.05) is 17.7 Å². The van der Waals surface area contributed by atoms with Crippen LogP contribution in [-0.2, 0) is 0 Å². The molecular formula is C20H21ClN6O3. The van der Waals surface area contributed by atoms with Crippen molar-refractivity contribution in [1.29, 1.82) is 0 Å². The van der Waals surface area contributed by atoms with Crippen LogP contribution < -0.4 is 16.0 Å². The van der Waals surface area contributed by atoms with Crippen LogP contribution in [0.15, 0.2) is 54.9 Å². The third kappa shape index (κ3) is 5.08. The van der Waals surface area contributed by atoms with Gasteiger partial charge in [-0.05, 0) is 43.3 Å². The van der Waals surface area contributed by atoms with E-state index in [9.17, 15) is 9.90 Å². The molecule has 5 N–H and O–H groups in total. The molecule has 1 amide bonds. The number of nitrogens with two attached hydrogens (primary N) is 1. The van der Waals surface area contributed by atoms with Gasteiger partial charge in [-0.2, -0.15) is 0 Å². The predicted octanol–water partition coefficient (Wildman–Crippen LogP) is 1.68. The van der Waals surface area contributed by atoms with Crippen molar-refractivity contribution in [2.45, 2.75) is 12.8 Å². The fourth-order valence-electron chi connectivity index (χ4n) is 2.79. The molecule has 0 fully saturated rings. The first kappa shape index (κ1) is 21.6. The van der Waals surface area contributed by atoms with Crippen LogP contribution in [-0.4, -0.2) is 50.1 Å². The van der Waals surface area contributed by atoms with Gasteiger partial charge in [0.2, 0.25) is 5.95 Å². The zero-order chi connectivity index (χ0) is 21.7. The fraction of sp³-hybridized carbons (Fsp3) is 0.200. The van der Waals surface area contributed by atoms with Crippen molar-refractivity contribution in [3.05, 3.63) is 65.6 Å². The van der Waals surface area contributed by atoms with E-state index in [2.05, 4.69) is 20.3 Å². The number of aromatic nitrogens is 3. The minimum atomic E-state index is -1.81. The third-order valence-corrected chi connectivity index (χ3v) is 4.28. The van der Waals surface area contributed by atoms with Gasteiger partial charge in [0.25, 0.3) is 5.91 Å². The first-order valence-electron chi connectivity index (χ1n) is 9.05. The largest absolute Gasteiger partial charge is 0.395 e. The normalized spacial score (nSPS) is 12.8. The van der Waals surface area contributed by atoms with Crippen molar-refractivity contribution >= 4 is 29.1 Å². The molecule has 1 atom stereocenters. The first-order chi connectivity index (χ1) is 14.3. The highest BCUT2D eigenvalue weighted by atomic mass is 35.5. The smallest absolute Gasteiger partial charge is 0.269 e. The van der Waals surface area contributed by atoms with Crippen molar-refractivity contribution in [3.8, 4) is 11.3 Å². The fourth-order valence-corrected chi connectivity index (χ4v) is 2.97. The van der Waals surface area contributed by atoms with Crippen LogP contribution in [0, 0.1) is 0 Å². The topological polar surface area (TPSA) is 137 Å². The number of hydrogen-bond acceptors (Lipinski definition) is 8.